The minimum atomic E-state index is -3.00. The average Bonchev–Trinajstić information content (AvgIpc) is 2.45. The molecular weight excluding hydrogens is 320 g/mol. The minimum absolute atomic E-state index is 0.0503. The van der Waals surface area contributed by atoms with E-state index in [0.29, 0.717) is 6.54 Å². The zero-order valence-corrected chi connectivity index (χ0v) is 14.5. The van der Waals surface area contributed by atoms with Gasteiger partial charge in [0.25, 0.3) is 0 Å². The number of carbonyl (C=O) groups is 1. The summed E-state index contributed by atoms with van der Waals surface area (Å²) < 4.78 is 23.1. The smallest absolute Gasteiger partial charge is 0.317 e. The maximum atomic E-state index is 12.2. The van der Waals surface area contributed by atoms with Crippen LogP contribution in [0.3, 0.4) is 0 Å². The van der Waals surface area contributed by atoms with Crippen LogP contribution in [0.25, 0.3) is 0 Å². The van der Waals surface area contributed by atoms with E-state index < -0.39 is 9.84 Å². The van der Waals surface area contributed by atoms with E-state index in [0.717, 1.165) is 0 Å². The molecule has 22 heavy (non-hydrogen) atoms. The fraction of sp³-hybridized carbons (Fsp3) is 0.533. The molecular formula is C15H22N2O3S2. The van der Waals surface area contributed by atoms with Crippen molar-refractivity contribution in [2.24, 2.45) is 0 Å². The third-order valence-corrected chi connectivity index (χ3v) is 6.46. The number of sulfone groups is 1. The third-order valence-electron chi connectivity index (χ3n) is 3.55. The maximum Gasteiger partial charge on any atom is 0.317 e. The van der Waals surface area contributed by atoms with E-state index in [1.165, 1.54) is 4.90 Å². The molecule has 1 aromatic carbocycles. The average molecular weight is 342 g/mol. The predicted molar refractivity (Wildman–Crippen MR) is 90.0 cm³/mol. The highest BCUT2D eigenvalue weighted by Gasteiger charge is 2.31. The molecule has 1 saturated heterocycles. The number of carbonyl (C=O) groups excluding carboxylic acids is 1. The molecule has 1 aromatic rings. The summed E-state index contributed by atoms with van der Waals surface area (Å²) in [5, 5.41) is 3.15. The first-order valence-corrected chi connectivity index (χ1v) is 10.0. The summed E-state index contributed by atoms with van der Waals surface area (Å²) in [7, 11) is -3.00. The Hall–Kier alpha value is -1.21. The largest absolute Gasteiger partial charge is 0.337 e. The summed E-state index contributed by atoms with van der Waals surface area (Å²) in [5.74, 6) is 0.105. The van der Waals surface area contributed by atoms with E-state index in [1.807, 2.05) is 30.3 Å². The number of amides is 2. The summed E-state index contributed by atoms with van der Waals surface area (Å²) in [5.41, 5.74) is 0. The van der Waals surface area contributed by atoms with Gasteiger partial charge in [0, 0.05) is 29.3 Å². The second kappa shape index (κ2) is 7.37. The molecule has 2 atom stereocenters. The highest BCUT2D eigenvalue weighted by Crippen LogP contribution is 2.22. The predicted octanol–water partition coefficient (Wildman–Crippen LogP) is 2.00. The number of rotatable bonds is 4. The normalized spacial score (nSPS) is 22.1. The molecule has 0 bridgehead atoms. The van der Waals surface area contributed by atoms with E-state index in [4.69, 9.17) is 0 Å². The minimum Gasteiger partial charge on any atom is -0.337 e. The van der Waals surface area contributed by atoms with Crippen LogP contribution < -0.4 is 5.32 Å². The molecule has 1 aliphatic heterocycles. The summed E-state index contributed by atoms with van der Waals surface area (Å²) in [6.45, 7) is 4.66. The van der Waals surface area contributed by atoms with Crippen LogP contribution in [0.2, 0.25) is 0 Å². The molecule has 0 unspecified atom stereocenters. The second-order valence-electron chi connectivity index (χ2n) is 5.58. The Morgan fingerprint density at radius 2 is 2.09 bits per heavy atom. The Kier molecular flexibility index (Phi) is 5.74. The van der Waals surface area contributed by atoms with Crippen LogP contribution in [0.1, 0.15) is 13.8 Å². The van der Waals surface area contributed by atoms with Gasteiger partial charge in [-0.25, -0.2) is 13.2 Å². The lowest BCUT2D eigenvalue weighted by atomic mass is 10.3. The van der Waals surface area contributed by atoms with Crippen LogP contribution >= 0.6 is 11.8 Å². The molecule has 0 saturated carbocycles. The van der Waals surface area contributed by atoms with Crippen LogP contribution in [0, 0.1) is 0 Å². The fourth-order valence-electron chi connectivity index (χ4n) is 2.41. The first-order chi connectivity index (χ1) is 10.4. The van der Waals surface area contributed by atoms with E-state index in [1.54, 1.807) is 23.6 Å². The van der Waals surface area contributed by atoms with Crippen molar-refractivity contribution in [1.29, 1.82) is 0 Å². The number of urea groups is 1. The SMILES string of the molecule is C[C@@H](CNC(=O)N1CCS(=O)(=O)C[C@@H]1C)Sc1ccccc1. The van der Waals surface area contributed by atoms with Crippen LogP contribution in [0.5, 0.6) is 0 Å². The third kappa shape index (κ3) is 4.91. The lowest BCUT2D eigenvalue weighted by Crippen LogP contribution is -2.53. The van der Waals surface area contributed by atoms with E-state index in [-0.39, 0.29) is 35.4 Å². The van der Waals surface area contributed by atoms with E-state index in [2.05, 4.69) is 12.2 Å². The molecule has 122 valence electrons. The van der Waals surface area contributed by atoms with Crippen molar-refractivity contribution in [3.05, 3.63) is 30.3 Å². The summed E-state index contributed by atoms with van der Waals surface area (Å²) in [4.78, 5) is 15.0. The van der Waals surface area contributed by atoms with Crippen molar-refractivity contribution in [1.82, 2.24) is 10.2 Å². The molecule has 1 aliphatic rings. The Morgan fingerprint density at radius 1 is 1.41 bits per heavy atom. The standard InChI is InChI=1S/C15H22N2O3S2/c1-12-11-22(19,20)9-8-17(12)15(18)16-10-13(2)21-14-6-4-3-5-7-14/h3-7,12-13H,8-11H2,1-2H3,(H,16,18)/t12-,13-/m0/s1. The summed E-state index contributed by atoms with van der Waals surface area (Å²) in [6, 6.07) is 9.59. The molecule has 5 nitrogen and oxygen atoms in total. The Bertz CT molecular complexity index is 604. The van der Waals surface area contributed by atoms with Gasteiger partial charge in [0.1, 0.15) is 0 Å². The fourth-order valence-corrected chi connectivity index (χ4v) is 4.91. The number of nitrogens with one attached hydrogen (secondary N) is 1. The van der Waals surface area contributed by atoms with Crippen molar-refractivity contribution in [3.8, 4) is 0 Å². The van der Waals surface area contributed by atoms with Gasteiger partial charge in [0.2, 0.25) is 0 Å². The van der Waals surface area contributed by atoms with Gasteiger partial charge < -0.3 is 10.2 Å². The topological polar surface area (TPSA) is 66.5 Å². The number of nitrogens with zero attached hydrogens (tertiary/aromatic N) is 1. The van der Waals surface area contributed by atoms with Crippen molar-refractivity contribution >= 4 is 27.6 Å². The van der Waals surface area contributed by atoms with Crippen molar-refractivity contribution < 1.29 is 13.2 Å². The summed E-state index contributed by atoms with van der Waals surface area (Å²) in [6.07, 6.45) is 0. The van der Waals surface area contributed by atoms with Crippen molar-refractivity contribution in [3.63, 3.8) is 0 Å². The maximum absolute atomic E-state index is 12.2. The molecule has 0 aliphatic carbocycles. The number of hydrogen-bond donors (Lipinski definition) is 1. The first-order valence-electron chi connectivity index (χ1n) is 7.34. The molecule has 1 heterocycles. The molecule has 1 fully saturated rings. The van der Waals surface area contributed by atoms with Gasteiger partial charge in [-0.05, 0) is 19.1 Å². The lowest BCUT2D eigenvalue weighted by Gasteiger charge is -2.33. The molecule has 2 amide bonds. The van der Waals surface area contributed by atoms with Crippen molar-refractivity contribution in [2.75, 3.05) is 24.6 Å². The Morgan fingerprint density at radius 3 is 2.73 bits per heavy atom. The van der Waals surface area contributed by atoms with Crippen LogP contribution in [0.4, 0.5) is 4.79 Å². The molecule has 1 N–H and O–H groups in total. The molecule has 0 aromatic heterocycles. The van der Waals surface area contributed by atoms with Gasteiger partial charge in [0.05, 0.1) is 11.5 Å². The Labute approximate surface area is 136 Å². The molecule has 7 heteroatoms. The zero-order valence-electron chi connectivity index (χ0n) is 12.9. The molecule has 0 spiro atoms. The van der Waals surface area contributed by atoms with Crippen LogP contribution in [-0.2, 0) is 9.84 Å². The van der Waals surface area contributed by atoms with Gasteiger partial charge >= 0.3 is 6.03 Å². The number of benzene rings is 1. The highest BCUT2D eigenvalue weighted by atomic mass is 32.2. The van der Waals surface area contributed by atoms with E-state index in [9.17, 15) is 13.2 Å². The molecule has 2 rings (SSSR count). The monoisotopic (exact) mass is 342 g/mol. The summed E-state index contributed by atoms with van der Waals surface area (Å²) >= 11 is 1.70. The van der Waals surface area contributed by atoms with Gasteiger partial charge in [-0.3, -0.25) is 0 Å². The van der Waals surface area contributed by atoms with Crippen LogP contribution in [-0.4, -0.2) is 55.2 Å². The van der Waals surface area contributed by atoms with Gasteiger partial charge in [-0.15, -0.1) is 11.8 Å². The molecule has 0 radical (unpaired) electrons. The van der Waals surface area contributed by atoms with Crippen molar-refractivity contribution in [2.45, 2.75) is 30.0 Å². The quantitative estimate of drug-likeness (QED) is 0.850. The first kappa shape index (κ1) is 17.1. The number of thioether (sulfide) groups is 1. The number of hydrogen-bond acceptors (Lipinski definition) is 4. The van der Waals surface area contributed by atoms with Gasteiger partial charge in [-0.1, -0.05) is 25.1 Å². The highest BCUT2D eigenvalue weighted by molar-refractivity contribution is 8.00. The van der Waals surface area contributed by atoms with E-state index >= 15 is 0 Å². The van der Waals surface area contributed by atoms with Gasteiger partial charge in [-0.2, -0.15) is 0 Å². The van der Waals surface area contributed by atoms with Gasteiger partial charge in [0.15, 0.2) is 9.84 Å². The zero-order chi connectivity index (χ0) is 16.2. The van der Waals surface area contributed by atoms with Crippen LogP contribution in [0.15, 0.2) is 35.2 Å². The Balaban J connectivity index is 1.80. The lowest BCUT2D eigenvalue weighted by molar-refractivity contribution is 0.185. The second-order valence-corrected chi connectivity index (χ2v) is 9.32.